The highest BCUT2D eigenvalue weighted by molar-refractivity contribution is 8.10. The van der Waals surface area contributed by atoms with Crippen LogP contribution < -0.4 is 13.2 Å². The van der Waals surface area contributed by atoms with Crippen LogP contribution >= 0.6 is 0 Å². The molecule has 0 atom stereocenters. The summed E-state index contributed by atoms with van der Waals surface area (Å²) < 4.78 is 66.7. The molecule has 1 heterocycles. The molecule has 0 aliphatic rings. The smallest absolute Gasteiger partial charge is 0.277 e. The number of benzene rings is 3. The molecule has 0 saturated heterocycles. The summed E-state index contributed by atoms with van der Waals surface area (Å²) in [6, 6.07) is 16.7. The Balaban J connectivity index is 1.91. The Hall–Kier alpha value is -3.97. The number of tetrazole rings is 1. The van der Waals surface area contributed by atoms with Gasteiger partial charge in [-0.1, -0.05) is 6.07 Å². The molecule has 0 unspecified atom stereocenters. The van der Waals surface area contributed by atoms with Crippen molar-refractivity contribution in [3.05, 3.63) is 79.1 Å². The van der Waals surface area contributed by atoms with Crippen LogP contribution in [0.3, 0.4) is 0 Å². The van der Waals surface area contributed by atoms with E-state index < -0.39 is 20.0 Å². The van der Waals surface area contributed by atoms with E-state index in [0.717, 1.165) is 0 Å². The monoisotopic (exact) mass is 501 g/mol. The predicted octanol–water partition coefficient (Wildman–Crippen LogP) is 2.26. The van der Waals surface area contributed by atoms with Crippen LogP contribution in [0.15, 0.2) is 88.9 Å². The molecule has 0 fully saturated rings. The zero-order valence-corrected chi connectivity index (χ0v) is 19.6. The molecular weight excluding hydrogens is 482 g/mol. The molecule has 0 aliphatic carbocycles. The topological polar surface area (TPSA) is 134 Å². The number of anilines is 1. The Labute approximate surface area is 196 Å². The summed E-state index contributed by atoms with van der Waals surface area (Å²) in [5.41, 5.74) is 0.238. The Morgan fingerprint density at radius 2 is 1.29 bits per heavy atom. The van der Waals surface area contributed by atoms with Gasteiger partial charge in [0, 0.05) is 0 Å². The summed E-state index contributed by atoms with van der Waals surface area (Å²) in [4.78, 5) is -0.476. The van der Waals surface area contributed by atoms with Crippen LogP contribution in [0, 0.1) is 0 Å². The molecule has 0 bridgehead atoms. The largest absolute Gasteiger partial charge is 0.497 e. The van der Waals surface area contributed by atoms with Gasteiger partial charge in [0.2, 0.25) is 0 Å². The number of hydrogen-bond donors (Lipinski definition) is 0. The van der Waals surface area contributed by atoms with Crippen molar-refractivity contribution in [3.63, 3.8) is 0 Å². The second-order valence-electron chi connectivity index (χ2n) is 6.83. The van der Waals surface area contributed by atoms with Gasteiger partial charge >= 0.3 is 0 Å². The second kappa shape index (κ2) is 9.11. The maximum atomic E-state index is 13.7. The minimum atomic E-state index is -4.59. The Bertz CT molecular complexity index is 1410. The van der Waals surface area contributed by atoms with Gasteiger partial charge in [-0.2, -0.15) is 3.71 Å². The lowest BCUT2D eigenvalue weighted by Gasteiger charge is -2.24. The van der Waals surface area contributed by atoms with Crippen LogP contribution in [0.1, 0.15) is 0 Å². The highest BCUT2D eigenvalue weighted by Gasteiger charge is 2.37. The van der Waals surface area contributed by atoms with Crippen LogP contribution in [-0.2, 0) is 20.0 Å². The van der Waals surface area contributed by atoms with Crippen molar-refractivity contribution in [1.29, 1.82) is 0 Å². The first-order valence-electron chi connectivity index (χ1n) is 9.69. The van der Waals surface area contributed by atoms with E-state index in [1.807, 2.05) is 0 Å². The minimum absolute atomic E-state index is 0.125. The van der Waals surface area contributed by atoms with E-state index in [9.17, 15) is 16.8 Å². The predicted molar refractivity (Wildman–Crippen MR) is 122 cm³/mol. The van der Waals surface area contributed by atoms with Crippen molar-refractivity contribution >= 4 is 25.7 Å². The molecule has 34 heavy (non-hydrogen) atoms. The van der Waals surface area contributed by atoms with E-state index >= 15 is 0 Å². The lowest BCUT2D eigenvalue weighted by molar-refractivity contribution is 0.414. The van der Waals surface area contributed by atoms with Gasteiger partial charge in [-0.05, 0) is 77.2 Å². The first-order valence-corrected chi connectivity index (χ1v) is 12.6. The normalized spacial score (nSPS) is 11.7. The fourth-order valence-electron chi connectivity index (χ4n) is 3.12. The molecule has 0 aliphatic heterocycles. The molecule has 1 aromatic heterocycles. The van der Waals surface area contributed by atoms with Gasteiger partial charge in [-0.15, -0.1) is 5.10 Å². The molecular formula is C21H19N5O6S2. The minimum Gasteiger partial charge on any atom is -0.497 e. The third-order valence-electron chi connectivity index (χ3n) is 4.81. The molecule has 3 aromatic carbocycles. The van der Waals surface area contributed by atoms with Gasteiger partial charge in [-0.3, -0.25) is 0 Å². The Morgan fingerprint density at radius 3 is 1.74 bits per heavy atom. The van der Waals surface area contributed by atoms with Crippen LogP contribution in [0.2, 0.25) is 0 Å². The number of aromatic nitrogens is 4. The zero-order valence-electron chi connectivity index (χ0n) is 18.0. The van der Waals surface area contributed by atoms with Crippen LogP contribution in [0.4, 0.5) is 5.69 Å². The second-order valence-corrected chi connectivity index (χ2v) is 10.6. The van der Waals surface area contributed by atoms with Crippen molar-refractivity contribution in [3.8, 4) is 17.2 Å². The number of methoxy groups -OCH3 is 2. The standard InChI is InChI=1S/C21H19N5O6S2/c1-31-18-6-10-20(11-7-18)33(27,28)26(34(29,30)21-12-8-19(32-2)9-13-21)17-5-3-4-16(14-17)25-15-22-23-24-25/h3-15H,1-2H3. The van der Waals surface area contributed by atoms with Crippen molar-refractivity contribution < 1.29 is 26.3 Å². The van der Waals surface area contributed by atoms with Crippen molar-refractivity contribution in [2.24, 2.45) is 0 Å². The van der Waals surface area contributed by atoms with Crippen LogP contribution in [0.5, 0.6) is 11.5 Å². The molecule has 0 spiro atoms. The average Bonchev–Trinajstić information content (AvgIpc) is 3.39. The van der Waals surface area contributed by atoms with Crippen LogP contribution in [-0.4, -0.2) is 51.3 Å². The van der Waals surface area contributed by atoms with Crippen molar-refractivity contribution in [2.75, 3.05) is 17.9 Å². The summed E-state index contributed by atoms with van der Waals surface area (Å²) in [6.45, 7) is 0. The van der Waals surface area contributed by atoms with E-state index in [1.165, 1.54) is 92.0 Å². The Kier molecular flexibility index (Phi) is 6.22. The molecule has 0 amide bonds. The first kappa shape index (κ1) is 23.2. The van der Waals surface area contributed by atoms with Gasteiger partial charge < -0.3 is 9.47 Å². The highest BCUT2D eigenvalue weighted by atomic mass is 32.3. The number of rotatable bonds is 8. The van der Waals surface area contributed by atoms with E-state index in [1.54, 1.807) is 6.07 Å². The van der Waals surface area contributed by atoms with E-state index in [-0.39, 0.29) is 15.5 Å². The molecule has 0 saturated carbocycles. The summed E-state index contributed by atoms with van der Waals surface area (Å²) in [5.74, 6) is 0.841. The first-order chi connectivity index (χ1) is 16.3. The van der Waals surface area contributed by atoms with Crippen LogP contribution in [0.25, 0.3) is 5.69 Å². The summed E-state index contributed by atoms with van der Waals surface area (Å²) >= 11 is 0. The quantitative estimate of drug-likeness (QED) is 0.356. The van der Waals surface area contributed by atoms with Gasteiger partial charge in [0.25, 0.3) is 20.0 Å². The maximum Gasteiger partial charge on any atom is 0.277 e. The summed E-state index contributed by atoms with van der Waals surface area (Å²) in [7, 11) is -6.30. The number of hydrogen-bond acceptors (Lipinski definition) is 9. The third-order valence-corrected chi connectivity index (χ3v) is 9.01. The average molecular weight is 502 g/mol. The van der Waals surface area contributed by atoms with Crippen molar-refractivity contribution in [1.82, 2.24) is 20.2 Å². The zero-order chi connectivity index (χ0) is 24.3. The molecule has 4 aromatic rings. The number of ether oxygens (including phenoxy) is 2. The Morgan fingerprint density at radius 1 is 0.765 bits per heavy atom. The molecule has 0 N–H and O–H groups in total. The summed E-state index contributed by atoms with van der Waals surface area (Å²) in [5, 5.41) is 10.9. The number of nitrogens with zero attached hydrogens (tertiary/aromatic N) is 5. The fraction of sp³-hybridized carbons (Fsp3) is 0.0952. The third kappa shape index (κ3) is 4.30. The molecule has 13 heteroatoms. The maximum absolute atomic E-state index is 13.7. The molecule has 176 valence electrons. The van der Waals surface area contributed by atoms with E-state index in [0.29, 0.717) is 20.9 Å². The van der Waals surface area contributed by atoms with Gasteiger partial charge in [0.05, 0.1) is 35.4 Å². The highest BCUT2D eigenvalue weighted by Crippen LogP contribution is 2.33. The molecule has 4 rings (SSSR count). The van der Waals surface area contributed by atoms with E-state index in [2.05, 4.69) is 15.5 Å². The fourth-order valence-corrected chi connectivity index (χ4v) is 6.80. The molecule has 0 radical (unpaired) electrons. The number of sulfonamides is 2. The lowest BCUT2D eigenvalue weighted by atomic mass is 10.3. The van der Waals surface area contributed by atoms with Gasteiger partial charge in [0.1, 0.15) is 17.8 Å². The molecule has 11 nitrogen and oxygen atoms in total. The van der Waals surface area contributed by atoms with Crippen molar-refractivity contribution in [2.45, 2.75) is 9.79 Å². The van der Waals surface area contributed by atoms with E-state index in [4.69, 9.17) is 9.47 Å². The summed E-state index contributed by atoms with van der Waals surface area (Å²) in [6.07, 6.45) is 1.30. The SMILES string of the molecule is COc1ccc(S(=O)(=O)N(c2cccc(-n3cnnn3)c2)S(=O)(=O)c2ccc(OC)cc2)cc1. The lowest BCUT2D eigenvalue weighted by Crippen LogP contribution is -2.37. The van der Waals surface area contributed by atoms with Gasteiger partial charge in [-0.25, -0.2) is 21.5 Å². The van der Waals surface area contributed by atoms with Gasteiger partial charge in [0.15, 0.2) is 0 Å².